The molecule has 4 nitrogen and oxygen atoms in total. The maximum atomic E-state index is 5.99. The average Bonchev–Trinajstić information content (AvgIpc) is 2.33. The quantitative estimate of drug-likeness (QED) is 0.887. The smallest absolute Gasteiger partial charge is 0.238 e. The van der Waals surface area contributed by atoms with Crippen molar-refractivity contribution in [3.05, 3.63) is 47.4 Å². The second kappa shape index (κ2) is 4.92. The van der Waals surface area contributed by atoms with Gasteiger partial charge in [0, 0.05) is 18.9 Å². The van der Waals surface area contributed by atoms with Crippen molar-refractivity contribution in [1.29, 1.82) is 0 Å². The monoisotopic (exact) mass is 235 g/mol. The molecule has 0 aromatic carbocycles. The zero-order valence-corrected chi connectivity index (χ0v) is 9.19. The Balaban J connectivity index is 2.22. The third kappa shape index (κ3) is 2.48. The van der Waals surface area contributed by atoms with Crippen LogP contribution >= 0.6 is 11.6 Å². The van der Waals surface area contributed by atoms with Crippen LogP contribution in [-0.2, 0) is 6.54 Å². The van der Waals surface area contributed by atoms with E-state index in [4.69, 9.17) is 22.1 Å². The zero-order valence-electron chi connectivity index (χ0n) is 8.43. The maximum absolute atomic E-state index is 5.99. The SMILES string of the molecule is NCc1cnc(Oc2cccnc2)c(Cl)c1. The normalized spacial score (nSPS) is 10.1. The summed E-state index contributed by atoms with van der Waals surface area (Å²) in [7, 11) is 0. The van der Waals surface area contributed by atoms with E-state index in [0.29, 0.717) is 23.2 Å². The van der Waals surface area contributed by atoms with Gasteiger partial charge in [-0.05, 0) is 23.8 Å². The van der Waals surface area contributed by atoms with E-state index in [1.807, 2.05) is 0 Å². The molecule has 0 saturated carbocycles. The number of aromatic nitrogens is 2. The zero-order chi connectivity index (χ0) is 11.4. The lowest BCUT2D eigenvalue weighted by Crippen LogP contribution is -1.98. The summed E-state index contributed by atoms with van der Waals surface area (Å²) in [5.74, 6) is 0.948. The molecule has 2 rings (SSSR count). The molecule has 0 spiro atoms. The Labute approximate surface area is 98.0 Å². The highest BCUT2D eigenvalue weighted by molar-refractivity contribution is 6.31. The molecule has 0 saturated heterocycles. The van der Waals surface area contributed by atoms with Gasteiger partial charge in [0.1, 0.15) is 10.8 Å². The minimum atomic E-state index is 0.354. The summed E-state index contributed by atoms with van der Waals surface area (Å²) < 4.78 is 5.46. The van der Waals surface area contributed by atoms with Crippen LogP contribution in [0, 0.1) is 0 Å². The van der Waals surface area contributed by atoms with Gasteiger partial charge >= 0.3 is 0 Å². The van der Waals surface area contributed by atoms with Crippen LogP contribution in [0.1, 0.15) is 5.56 Å². The highest BCUT2D eigenvalue weighted by atomic mass is 35.5. The molecule has 0 atom stereocenters. The van der Waals surface area contributed by atoms with Crippen molar-refractivity contribution in [1.82, 2.24) is 9.97 Å². The van der Waals surface area contributed by atoms with Crippen LogP contribution < -0.4 is 10.5 Å². The van der Waals surface area contributed by atoms with Gasteiger partial charge in [-0.2, -0.15) is 0 Å². The molecular weight excluding hydrogens is 226 g/mol. The van der Waals surface area contributed by atoms with Gasteiger partial charge in [-0.25, -0.2) is 4.98 Å². The molecule has 0 aliphatic carbocycles. The Bertz CT molecular complexity index is 476. The van der Waals surface area contributed by atoms with Crippen LogP contribution in [0.25, 0.3) is 0 Å². The summed E-state index contributed by atoms with van der Waals surface area (Å²) in [5.41, 5.74) is 6.34. The lowest BCUT2D eigenvalue weighted by Gasteiger charge is -2.06. The van der Waals surface area contributed by atoms with Crippen molar-refractivity contribution in [3.8, 4) is 11.6 Å². The third-order valence-electron chi connectivity index (χ3n) is 1.95. The Morgan fingerprint density at radius 3 is 2.88 bits per heavy atom. The van der Waals surface area contributed by atoms with Gasteiger partial charge in [0.25, 0.3) is 0 Å². The van der Waals surface area contributed by atoms with Gasteiger partial charge in [-0.3, -0.25) is 4.98 Å². The Hall–Kier alpha value is -1.65. The van der Waals surface area contributed by atoms with Crippen molar-refractivity contribution in [2.24, 2.45) is 5.73 Å². The van der Waals surface area contributed by atoms with Crippen molar-refractivity contribution >= 4 is 11.6 Å². The number of nitrogens with two attached hydrogens (primary N) is 1. The lowest BCUT2D eigenvalue weighted by atomic mass is 10.3. The molecule has 2 heterocycles. The number of nitrogens with zero attached hydrogens (tertiary/aromatic N) is 2. The minimum Gasteiger partial charge on any atom is -0.436 e. The van der Waals surface area contributed by atoms with E-state index in [9.17, 15) is 0 Å². The molecule has 0 aliphatic heterocycles. The maximum Gasteiger partial charge on any atom is 0.238 e. The number of rotatable bonds is 3. The van der Waals surface area contributed by atoms with Gasteiger partial charge < -0.3 is 10.5 Å². The Morgan fingerprint density at radius 1 is 1.38 bits per heavy atom. The molecule has 16 heavy (non-hydrogen) atoms. The topological polar surface area (TPSA) is 61.0 Å². The molecule has 0 amide bonds. The molecule has 0 fully saturated rings. The van der Waals surface area contributed by atoms with Crippen LogP contribution in [0.3, 0.4) is 0 Å². The fourth-order valence-corrected chi connectivity index (χ4v) is 1.40. The Morgan fingerprint density at radius 2 is 2.25 bits per heavy atom. The summed E-state index contributed by atoms with van der Waals surface area (Å²) in [5, 5.41) is 0.437. The first kappa shape index (κ1) is 10.9. The van der Waals surface area contributed by atoms with E-state index in [2.05, 4.69) is 9.97 Å². The van der Waals surface area contributed by atoms with Crippen LogP contribution in [0.2, 0.25) is 5.02 Å². The molecule has 2 aromatic heterocycles. The van der Waals surface area contributed by atoms with Crippen molar-refractivity contribution in [2.45, 2.75) is 6.54 Å². The summed E-state index contributed by atoms with van der Waals surface area (Å²) >= 11 is 5.99. The second-order valence-electron chi connectivity index (χ2n) is 3.13. The van der Waals surface area contributed by atoms with Gasteiger partial charge in [0.2, 0.25) is 5.88 Å². The van der Waals surface area contributed by atoms with Crippen LogP contribution in [0.4, 0.5) is 0 Å². The summed E-state index contributed by atoms with van der Waals surface area (Å²) in [6, 6.07) is 5.29. The van der Waals surface area contributed by atoms with Gasteiger partial charge in [0.05, 0.1) is 6.20 Å². The third-order valence-corrected chi connectivity index (χ3v) is 2.22. The van der Waals surface area contributed by atoms with E-state index >= 15 is 0 Å². The van der Waals surface area contributed by atoms with Crippen LogP contribution in [0.5, 0.6) is 11.6 Å². The van der Waals surface area contributed by atoms with Crippen LogP contribution in [0.15, 0.2) is 36.8 Å². The molecule has 2 N–H and O–H groups in total. The second-order valence-corrected chi connectivity index (χ2v) is 3.53. The first-order valence-corrected chi connectivity index (χ1v) is 5.10. The van der Waals surface area contributed by atoms with E-state index < -0.39 is 0 Å². The number of ether oxygens (including phenoxy) is 1. The van der Waals surface area contributed by atoms with Crippen molar-refractivity contribution in [3.63, 3.8) is 0 Å². The number of hydrogen-bond acceptors (Lipinski definition) is 4. The largest absolute Gasteiger partial charge is 0.436 e. The first-order chi connectivity index (χ1) is 7.79. The molecule has 2 aromatic rings. The average molecular weight is 236 g/mol. The van der Waals surface area contributed by atoms with E-state index in [0.717, 1.165) is 5.56 Å². The molecule has 0 unspecified atom stereocenters. The minimum absolute atomic E-state index is 0.354. The molecule has 0 bridgehead atoms. The predicted octanol–water partition coefficient (Wildman–Crippen LogP) is 2.38. The lowest BCUT2D eigenvalue weighted by molar-refractivity contribution is 0.460. The molecule has 0 radical (unpaired) electrons. The molecule has 0 aliphatic rings. The van der Waals surface area contributed by atoms with Crippen molar-refractivity contribution in [2.75, 3.05) is 0 Å². The Kier molecular flexibility index (Phi) is 3.34. The fourth-order valence-electron chi connectivity index (χ4n) is 1.17. The van der Waals surface area contributed by atoms with Crippen LogP contribution in [-0.4, -0.2) is 9.97 Å². The number of hydrogen-bond donors (Lipinski definition) is 1. The molecular formula is C11H10ClN3O. The highest BCUT2D eigenvalue weighted by Crippen LogP contribution is 2.26. The van der Waals surface area contributed by atoms with E-state index in [1.54, 1.807) is 36.8 Å². The number of pyridine rings is 2. The highest BCUT2D eigenvalue weighted by Gasteiger charge is 2.05. The van der Waals surface area contributed by atoms with Gasteiger partial charge in [0.15, 0.2) is 0 Å². The van der Waals surface area contributed by atoms with Gasteiger partial charge in [-0.15, -0.1) is 0 Å². The van der Waals surface area contributed by atoms with E-state index in [1.165, 1.54) is 0 Å². The molecule has 5 heteroatoms. The van der Waals surface area contributed by atoms with Gasteiger partial charge in [-0.1, -0.05) is 11.6 Å². The summed E-state index contributed by atoms with van der Waals surface area (Å²) in [4.78, 5) is 8.01. The predicted molar refractivity (Wildman–Crippen MR) is 61.4 cm³/mol. The van der Waals surface area contributed by atoms with Crippen molar-refractivity contribution < 1.29 is 4.74 Å². The fraction of sp³-hybridized carbons (Fsp3) is 0.0909. The summed E-state index contributed by atoms with van der Waals surface area (Å²) in [6.45, 7) is 0.403. The molecule has 82 valence electrons. The standard InChI is InChI=1S/C11H10ClN3O/c12-10-4-8(5-13)6-15-11(10)16-9-2-1-3-14-7-9/h1-4,6-7H,5,13H2. The number of halogens is 1. The first-order valence-electron chi connectivity index (χ1n) is 4.72. The summed E-state index contributed by atoms with van der Waals surface area (Å²) in [6.07, 6.45) is 4.89. The van der Waals surface area contributed by atoms with E-state index in [-0.39, 0.29) is 0 Å².